The maximum Gasteiger partial charge on any atom is 0.247 e. The molecule has 0 saturated heterocycles. The number of carbonyl (C=O) groups is 1. The van der Waals surface area contributed by atoms with Gasteiger partial charge in [0.1, 0.15) is 5.69 Å². The number of rotatable bonds is 1. The topological polar surface area (TPSA) is 34.9 Å². The van der Waals surface area contributed by atoms with E-state index in [1.54, 1.807) is 7.05 Å². The van der Waals surface area contributed by atoms with Crippen LogP contribution >= 0.6 is 31.9 Å². The second-order valence-corrected chi connectivity index (χ2v) is 3.66. The molecule has 1 aromatic rings. The fourth-order valence-electron chi connectivity index (χ4n) is 0.846. The minimum atomic E-state index is -0.160. The molecule has 1 rings (SSSR count). The summed E-state index contributed by atoms with van der Waals surface area (Å²) in [6.45, 7) is 1.84. The first-order valence-corrected chi connectivity index (χ1v) is 4.51. The second-order valence-electron chi connectivity index (χ2n) is 2.15. The highest BCUT2D eigenvalue weighted by Gasteiger charge is 2.14. The molecule has 0 aliphatic heterocycles. The quantitative estimate of drug-likeness (QED) is 0.739. The summed E-state index contributed by atoms with van der Waals surface area (Å²) in [5, 5.41) is 4.05. The number of halogens is 2. The van der Waals surface area contributed by atoms with E-state index in [0.29, 0.717) is 5.69 Å². The molecule has 0 aromatic carbocycles. The first-order valence-electron chi connectivity index (χ1n) is 2.93. The summed E-state index contributed by atoms with van der Waals surface area (Å²) in [5.41, 5.74) is 1.36. The minimum Gasteiger partial charge on any atom is -0.279 e. The van der Waals surface area contributed by atoms with Crippen LogP contribution in [-0.4, -0.2) is 14.5 Å². The van der Waals surface area contributed by atoms with Gasteiger partial charge >= 0.3 is 0 Å². The molecule has 0 aliphatic carbocycles. The molecule has 0 radical (unpaired) electrons. The third-order valence-corrected chi connectivity index (χ3v) is 2.66. The second kappa shape index (κ2) is 3.06. The van der Waals surface area contributed by atoms with E-state index in [4.69, 9.17) is 0 Å². The zero-order valence-corrected chi connectivity index (χ0v) is 9.23. The van der Waals surface area contributed by atoms with E-state index < -0.39 is 0 Å². The Hall–Kier alpha value is -0.160. The monoisotopic (exact) mass is 280 g/mol. The Morgan fingerprint density at radius 2 is 2.18 bits per heavy atom. The van der Waals surface area contributed by atoms with Crippen molar-refractivity contribution < 1.29 is 4.79 Å². The van der Waals surface area contributed by atoms with Crippen molar-refractivity contribution in [2.24, 2.45) is 7.05 Å². The Bertz CT molecular complexity index is 306. The molecule has 0 atom stereocenters. The van der Waals surface area contributed by atoms with Gasteiger partial charge in [-0.05, 0) is 38.8 Å². The summed E-state index contributed by atoms with van der Waals surface area (Å²) >= 11 is 6.14. The van der Waals surface area contributed by atoms with Crippen molar-refractivity contribution in [1.82, 2.24) is 9.78 Å². The molecule has 0 N–H and O–H groups in total. The van der Waals surface area contributed by atoms with Crippen LogP contribution in [0.15, 0.2) is 4.47 Å². The summed E-state index contributed by atoms with van der Waals surface area (Å²) in [6, 6.07) is 0. The largest absolute Gasteiger partial charge is 0.279 e. The third-order valence-electron chi connectivity index (χ3n) is 1.34. The van der Waals surface area contributed by atoms with Gasteiger partial charge < -0.3 is 0 Å². The van der Waals surface area contributed by atoms with E-state index in [1.807, 2.05) is 6.92 Å². The number of nitrogens with zero attached hydrogens (tertiary/aromatic N) is 2. The molecule has 11 heavy (non-hydrogen) atoms. The van der Waals surface area contributed by atoms with Crippen molar-refractivity contribution in [3.63, 3.8) is 0 Å². The lowest BCUT2D eigenvalue weighted by atomic mass is 10.4. The Balaban J connectivity index is 3.34. The summed E-state index contributed by atoms with van der Waals surface area (Å²) in [7, 11) is 1.73. The van der Waals surface area contributed by atoms with Crippen LogP contribution in [0.25, 0.3) is 0 Å². The predicted molar refractivity (Wildman–Crippen MR) is 48.9 cm³/mol. The maximum absolute atomic E-state index is 10.9. The highest BCUT2D eigenvalue weighted by atomic mass is 79.9. The Morgan fingerprint density at radius 3 is 2.36 bits per heavy atom. The van der Waals surface area contributed by atoms with Gasteiger partial charge in [0.05, 0.1) is 10.2 Å². The lowest BCUT2D eigenvalue weighted by Crippen LogP contribution is -2.00. The molecular weight excluding hydrogens is 276 g/mol. The molecule has 1 heterocycles. The Labute approximate surface area is 81.0 Å². The lowest BCUT2D eigenvalue weighted by Gasteiger charge is -1.93. The summed E-state index contributed by atoms with van der Waals surface area (Å²) in [4.78, 5) is 10.9. The van der Waals surface area contributed by atoms with Crippen molar-refractivity contribution in [3.8, 4) is 0 Å². The van der Waals surface area contributed by atoms with Gasteiger partial charge in [0.2, 0.25) is 4.69 Å². The molecule has 0 unspecified atom stereocenters. The number of aromatic nitrogens is 2. The van der Waals surface area contributed by atoms with E-state index >= 15 is 0 Å². The third kappa shape index (κ3) is 1.54. The van der Waals surface area contributed by atoms with Gasteiger partial charge in [0, 0.05) is 7.05 Å². The Kier molecular flexibility index (Phi) is 2.49. The molecule has 0 saturated carbocycles. The summed E-state index contributed by atoms with van der Waals surface area (Å²) < 4.78 is 2.13. The minimum absolute atomic E-state index is 0.160. The zero-order chi connectivity index (χ0) is 8.59. The van der Waals surface area contributed by atoms with Crippen LogP contribution in [0, 0.1) is 6.92 Å². The van der Waals surface area contributed by atoms with Gasteiger partial charge in [-0.15, -0.1) is 0 Å². The normalized spacial score (nSPS) is 10.2. The molecule has 1 aromatic heterocycles. The fourth-order valence-corrected chi connectivity index (χ4v) is 2.08. The van der Waals surface area contributed by atoms with Gasteiger partial charge in [0.15, 0.2) is 0 Å². The van der Waals surface area contributed by atoms with Crippen molar-refractivity contribution in [3.05, 3.63) is 15.9 Å². The summed E-state index contributed by atoms with van der Waals surface area (Å²) in [5.74, 6) is 0. The van der Waals surface area contributed by atoms with Gasteiger partial charge in [-0.1, -0.05) is 0 Å². The van der Waals surface area contributed by atoms with Crippen LogP contribution in [0.2, 0.25) is 0 Å². The Morgan fingerprint density at radius 1 is 1.64 bits per heavy atom. The van der Waals surface area contributed by atoms with Crippen LogP contribution in [0.5, 0.6) is 0 Å². The van der Waals surface area contributed by atoms with Crippen molar-refractivity contribution >= 4 is 36.6 Å². The van der Waals surface area contributed by atoms with E-state index in [1.165, 1.54) is 4.68 Å². The van der Waals surface area contributed by atoms with Crippen LogP contribution in [0.3, 0.4) is 0 Å². The van der Waals surface area contributed by atoms with Crippen LogP contribution < -0.4 is 0 Å². The van der Waals surface area contributed by atoms with Crippen molar-refractivity contribution in [2.45, 2.75) is 6.92 Å². The van der Waals surface area contributed by atoms with E-state index in [9.17, 15) is 4.79 Å². The molecule has 0 fully saturated rings. The SMILES string of the molecule is Cc1nn(C)c(C(=O)Br)c1Br. The van der Waals surface area contributed by atoms with Crippen LogP contribution in [0.1, 0.15) is 16.2 Å². The van der Waals surface area contributed by atoms with E-state index in [0.717, 1.165) is 10.2 Å². The number of hydrogen-bond donors (Lipinski definition) is 0. The average Bonchev–Trinajstić information content (AvgIpc) is 2.07. The first kappa shape index (κ1) is 8.93. The van der Waals surface area contributed by atoms with E-state index in [2.05, 4.69) is 37.0 Å². The van der Waals surface area contributed by atoms with Gasteiger partial charge in [-0.2, -0.15) is 5.10 Å². The average molecular weight is 282 g/mol. The molecule has 0 bridgehead atoms. The predicted octanol–water partition coefficient (Wildman–Crippen LogP) is 2.03. The molecule has 60 valence electrons. The lowest BCUT2D eigenvalue weighted by molar-refractivity contribution is 0.108. The highest BCUT2D eigenvalue weighted by Crippen LogP contribution is 2.21. The first-order chi connectivity index (χ1) is 5.04. The zero-order valence-electron chi connectivity index (χ0n) is 6.06. The molecule has 5 heteroatoms. The van der Waals surface area contributed by atoms with Crippen LogP contribution in [-0.2, 0) is 7.05 Å². The number of carbonyl (C=O) groups excluding carboxylic acids is 1. The number of aryl methyl sites for hydroxylation is 2. The van der Waals surface area contributed by atoms with Gasteiger partial charge in [-0.3, -0.25) is 9.48 Å². The fraction of sp³-hybridized carbons (Fsp3) is 0.333. The molecule has 0 aliphatic rings. The van der Waals surface area contributed by atoms with Crippen LogP contribution in [0.4, 0.5) is 0 Å². The number of hydrogen-bond acceptors (Lipinski definition) is 2. The summed E-state index contributed by atoms with van der Waals surface area (Å²) in [6.07, 6.45) is 0. The molecule has 0 amide bonds. The molecular formula is C6H6Br2N2O. The van der Waals surface area contributed by atoms with Crippen molar-refractivity contribution in [2.75, 3.05) is 0 Å². The smallest absolute Gasteiger partial charge is 0.247 e. The molecule has 0 spiro atoms. The molecule has 3 nitrogen and oxygen atoms in total. The van der Waals surface area contributed by atoms with Gasteiger partial charge in [0.25, 0.3) is 0 Å². The van der Waals surface area contributed by atoms with Gasteiger partial charge in [-0.25, -0.2) is 0 Å². The highest BCUT2D eigenvalue weighted by molar-refractivity contribution is 9.18. The van der Waals surface area contributed by atoms with Crippen molar-refractivity contribution in [1.29, 1.82) is 0 Å². The standard InChI is InChI=1S/C6H6Br2N2O/c1-3-4(7)5(6(8)11)10(2)9-3/h1-2H3. The van der Waals surface area contributed by atoms with E-state index in [-0.39, 0.29) is 4.69 Å². The maximum atomic E-state index is 10.9.